The molecule has 0 unspecified atom stereocenters. The van der Waals surface area contributed by atoms with E-state index in [4.69, 9.17) is 0 Å². The van der Waals surface area contributed by atoms with Gasteiger partial charge in [-0.2, -0.15) is 17.0 Å². The zero-order valence-electron chi connectivity index (χ0n) is 12.8. The number of carbonyl (C=O) groups excluding carboxylic acids is 1. The first-order valence-electron chi connectivity index (χ1n) is 7.39. The van der Waals surface area contributed by atoms with Crippen molar-refractivity contribution in [3.8, 4) is 0 Å². The van der Waals surface area contributed by atoms with Crippen molar-refractivity contribution < 1.29 is 13.2 Å². The Kier molecular flexibility index (Phi) is 3.74. The van der Waals surface area contributed by atoms with Gasteiger partial charge in [-0.15, -0.1) is 0 Å². The Balaban J connectivity index is 1.93. The van der Waals surface area contributed by atoms with E-state index >= 15 is 0 Å². The molecule has 0 radical (unpaired) electrons. The van der Waals surface area contributed by atoms with Crippen LogP contribution < -0.4 is 5.32 Å². The van der Waals surface area contributed by atoms with Crippen LogP contribution >= 0.6 is 0 Å². The predicted molar refractivity (Wildman–Crippen MR) is 83.4 cm³/mol. The van der Waals surface area contributed by atoms with Gasteiger partial charge in [-0.3, -0.25) is 4.79 Å². The van der Waals surface area contributed by atoms with E-state index in [9.17, 15) is 13.2 Å². The van der Waals surface area contributed by atoms with E-state index in [1.165, 1.54) is 22.7 Å². The maximum Gasteiger partial charge on any atom is 0.281 e. The van der Waals surface area contributed by atoms with Crippen LogP contribution in [0.1, 0.15) is 17.9 Å². The van der Waals surface area contributed by atoms with Crippen LogP contribution in [0, 0.1) is 5.41 Å². The molecule has 2 aliphatic heterocycles. The van der Waals surface area contributed by atoms with Crippen LogP contribution in [0.4, 0.5) is 0 Å². The average molecular weight is 323 g/mol. The highest BCUT2D eigenvalue weighted by Gasteiger charge is 2.56. The lowest BCUT2D eigenvalue weighted by Gasteiger charge is -2.29. The van der Waals surface area contributed by atoms with Crippen molar-refractivity contribution in [3.05, 3.63) is 35.9 Å². The molecule has 0 bridgehead atoms. The molecule has 6 nitrogen and oxygen atoms in total. The number of nitrogens with one attached hydrogen (secondary N) is 1. The zero-order valence-corrected chi connectivity index (χ0v) is 13.6. The minimum Gasteiger partial charge on any atom is -0.355 e. The maximum absolute atomic E-state index is 12.5. The molecule has 1 amide bonds. The van der Waals surface area contributed by atoms with Crippen molar-refractivity contribution in [2.45, 2.75) is 12.3 Å². The molecule has 1 spiro atoms. The third-order valence-corrected chi connectivity index (χ3v) is 6.73. The van der Waals surface area contributed by atoms with Crippen LogP contribution in [-0.4, -0.2) is 56.7 Å². The van der Waals surface area contributed by atoms with Crippen molar-refractivity contribution >= 4 is 16.1 Å². The third-order valence-electron chi connectivity index (χ3n) is 4.84. The first-order valence-corrected chi connectivity index (χ1v) is 8.78. The lowest BCUT2D eigenvalue weighted by Crippen LogP contribution is -2.42. The standard InChI is InChI=1S/C15H21N3O3S/c1-17(2)22(20,21)18-9-8-15(11-18)13(10-16-14(15)19)12-6-4-3-5-7-12/h3-7,13H,8-11H2,1-2H3,(H,16,19)/t13-,15+/m0/s1. The van der Waals surface area contributed by atoms with Crippen molar-refractivity contribution in [1.82, 2.24) is 13.9 Å². The molecule has 2 saturated heterocycles. The van der Waals surface area contributed by atoms with Gasteiger partial charge in [0.2, 0.25) is 5.91 Å². The van der Waals surface area contributed by atoms with Crippen LogP contribution in [0.25, 0.3) is 0 Å². The van der Waals surface area contributed by atoms with Crippen molar-refractivity contribution in [2.24, 2.45) is 5.41 Å². The van der Waals surface area contributed by atoms with Gasteiger partial charge >= 0.3 is 0 Å². The van der Waals surface area contributed by atoms with E-state index in [-0.39, 0.29) is 18.4 Å². The largest absolute Gasteiger partial charge is 0.355 e. The summed E-state index contributed by atoms with van der Waals surface area (Å²) < 4.78 is 27.3. The second-order valence-electron chi connectivity index (χ2n) is 6.20. The predicted octanol–water partition coefficient (Wildman–Crippen LogP) is 0.399. The molecule has 120 valence electrons. The highest BCUT2D eigenvalue weighted by molar-refractivity contribution is 7.86. The van der Waals surface area contributed by atoms with E-state index < -0.39 is 15.6 Å². The minimum absolute atomic E-state index is 0.0172. The van der Waals surface area contributed by atoms with Crippen molar-refractivity contribution in [2.75, 3.05) is 33.7 Å². The molecule has 1 aromatic carbocycles. The SMILES string of the molecule is CN(C)S(=O)(=O)N1CC[C@]2(C1)C(=O)NC[C@H]2c1ccccc1. The molecule has 1 N–H and O–H groups in total. The number of carbonyl (C=O) groups is 1. The summed E-state index contributed by atoms with van der Waals surface area (Å²) in [6, 6.07) is 9.87. The number of hydrogen-bond acceptors (Lipinski definition) is 3. The fourth-order valence-electron chi connectivity index (χ4n) is 3.54. The molecule has 2 heterocycles. The van der Waals surface area contributed by atoms with E-state index in [0.717, 1.165) is 5.56 Å². The molecular formula is C15H21N3O3S. The van der Waals surface area contributed by atoms with Gasteiger partial charge in [-0.1, -0.05) is 30.3 Å². The molecule has 22 heavy (non-hydrogen) atoms. The fourth-order valence-corrected chi connectivity index (χ4v) is 4.72. The molecule has 2 fully saturated rings. The monoisotopic (exact) mass is 323 g/mol. The molecule has 7 heteroatoms. The zero-order chi connectivity index (χ0) is 16.0. The molecule has 0 saturated carbocycles. The van der Waals surface area contributed by atoms with Crippen molar-refractivity contribution in [1.29, 1.82) is 0 Å². The van der Waals surface area contributed by atoms with Gasteiger partial charge < -0.3 is 5.32 Å². The van der Waals surface area contributed by atoms with Gasteiger partial charge in [0.25, 0.3) is 10.2 Å². The molecule has 1 aromatic rings. The van der Waals surface area contributed by atoms with Gasteiger partial charge in [0.05, 0.1) is 5.41 Å². The van der Waals surface area contributed by atoms with Gasteiger partial charge in [-0.05, 0) is 12.0 Å². The number of amides is 1. The van der Waals surface area contributed by atoms with Crippen LogP contribution in [-0.2, 0) is 15.0 Å². The third kappa shape index (κ3) is 2.24. The number of benzene rings is 1. The Bertz CT molecular complexity index is 675. The van der Waals surface area contributed by atoms with Gasteiger partial charge in [-0.25, -0.2) is 0 Å². The van der Waals surface area contributed by atoms with Crippen LogP contribution in [0.15, 0.2) is 30.3 Å². The molecule has 0 aliphatic carbocycles. The summed E-state index contributed by atoms with van der Waals surface area (Å²) in [5, 5.41) is 2.93. The normalized spacial score (nSPS) is 29.4. The Morgan fingerprint density at radius 1 is 1.27 bits per heavy atom. The average Bonchev–Trinajstić information content (AvgIpc) is 3.07. The Morgan fingerprint density at radius 2 is 1.95 bits per heavy atom. The van der Waals surface area contributed by atoms with E-state index in [2.05, 4.69) is 5.32 Å². The second kappa shape index (κ2) is 5.33. The summed E-state index contributed by atoms with van der Waals surface area (Å²) >= 11 is 0. The molecule has 3 rings (SSSR count). The minimum atomic E-state index is -3.48. The number of hydrogen-bond donors (Lipinski definition) is 1. The molecular weight excluding hydrogens is 302 g/mol. The summed E-state index contributed by atoms with van der Waals surface area (Å²) in [5.41, 5.74) is 0.440. The van der Waals surface area contributed by atoms with Crippen LogP contribution in [0.2, 0.25) is 0 Å². The quantitative estimate of drug-likeness (QED) is 0.875. The Labute approximate surface area is 131 Å². The fraction of sp³-hybridized carbons (Fsp3) is 0.533. The highest BCUT2D eigenvalue weighted by atomic mass is 32.2. The number of rotatable bonds is 3. The summed E-state index contributed by atoms with van der Waals surface area (Å²) in [6.45, 7) is 1.20. The van der Waals surface area contributed by atoms with Gasteiger partial charge in [0.1, 0.15) is 0 Å². The highest BCUT2D eigenvalue weighted by Crippen LogP contribution is 2.47. The number of nitrogens with zero attached hydrogens (tertiary/aromatic N) is 2. The molecule has 0 aromatic heterocycles. The molecule has 2 aliphatic rings. The Morgan fingerprint density at radius 3 is 2.59 bits per heavy atom. The van der Waals surface area contributed by atoms with Gasteiger partial charge in [0.15, 0.2) is 0 Å². The summed E-state index contributed by atoms with van der Waals surface area (Å²) in [4.78, 5) is 12.5. The van der Waals surface area contributed by atoms with Crippen LogP contribution in [0.3, 0.4) is 0 Å². The summed E-state index contributed by atoms with van der Waals surface area (Å²) in [6.07, 6.45) is 0.561. The maximum atomic E-state index is 12.5. The van der Waals surface area contributed by atoms with Crippen molar-refractivity contribution in [3.63, 3.8) is 0 Å². The van der Waals surface area contributed by atoms with E-state index in [0.29, 0.717) is 19.5 Å². The second-order valence-corrected chi connectivity index (χ2v) is 8.35. The Hall–Kier alpha value is -1.44. The first-order chi connectivity index (χ1) is 10.4. The lowest BCUT2D eigenvalue weighted by atomic mass is 9.73. The van der Waals surface area contributed by atoms with E-state index in [1.807, 2.05) is 30.3 Å². The lowest BCUT2D eigenvalue weighted by molar-refractivity contribution is -0.127. The first kappa shape index (κ1) is 15.5. The van der Waals surface area contributed by atoms with Crippen LogP contribution in [0.5, 0.6) is 0 Å². The van der Waals surface area contributed by atoms with Gasteiger partial charge in [0, 0.05) is 39.6 Å². The van der Waals surface area contributed by atoms with E-state index in [1.54, 1.807) is 0 Å². The summed E-state index contributed by atoms with van der Waals surface area (Å²) in [5.74, 6) is -0.0126. The topological polar surface area (TPSA) is 69.7 Å². The summed E-state index contributed by atoms with van der Waals surface area (Å²) in [7, 11) is -0.447. The molecule has 2 atom stereocenters. The smallest absolute Gasteiger partial charge is 0.281 e.